The molecule has 2 heterocycles. The van der Waals surface area contributed by atoms with Gasteiger partial charge in [-0.25, -0.2) is 0 Å². The zero-order valence-corrected chi connectivity index (χ0v) is 17.3. The number of piperidine rings is 1. The molecule has 3 atom stereocenters. The Morgan fingerprint density at radius 1 is 1.16 bits per heavy atom. The average molecular weight is 391 g/mol. The van der Waals surface area contributed by atoms with E-state index in [-0.39, 0.29) is 30.9 Å². The molecule has 2 N–H and O–H groups in total. The van der Waals surface area contributed by atoms with Crippen LogP contribution in [0.15, 0.2) is 12.1 Å². The highest BCUT2D eigenvalue weighted by Crippen LogP contribution is 2.43. The number of hydrogen-bond donors (Lipinski definition) is 1. The van der Waals surface area contributed by atoms with E-state index in [9.17, 15) is 0 Å². The lowest BCUT2D eigenvalue weighted by molar-refractivity contribution is 0.0739. The number of benzene rings is 1. The Hall–Kier alpha value is -0.680. The number of rotatable bonds is 4. The molecule has 2 aliphatic rings. The molecule has 2 aliphatic heterocycles. The Balaban J connectivity index is 0.00000156. The van der Waals surface area contributed by atoms with Gasteiger partial charge in [-0.05, 0) is 54.4 Å². The van der Waals surface area contributed by atoms with Gasteiger partial charge in [0.2, 0.25) is 0 Å². The zero-order chi connectivity index (χ0) is 16.6. The van der Waals surface area contributed by atoms with Crippen molar-refractivity contribution < 1.29 is 9.47 Å². The minimum absolute atomic E-state index is 0. The first kappa shape index (κ1) is 22.4. The van der Waals surface area contributed by atoms with Crippen molar-refractivity contribution in [3.8, 4) is 11.5 Å². The molecule has 0 amide bonds. The Kier molecular flexibility index (Phi) is 8.33. The van der Waals surface area contributed by atoms with Crippen LogP contribution in [-0.2, 0) is 6.42 Å². The van der Waals surface area contributed by atoms with Crippen molar-refractivity contribution in [3.63, 3.8) is 0 Å². The fraction of sp³-hybridized carbons (Fsp3) is 0.684. The maximum atomic E-state index is 6.54. The number of halogens is 2. The SMILES string of the molecule is COc1cc2c(cc1OC)C1C[C@H](N)[C@@H](CC(C)C)CN1CC2.Cl.Cl. The third kappa shape index (κ3) is 4.54. The minimum Gasteiger partial charge on any atom is -0.493 e. The maximum absolute atomic E-state index is 6.54. The Bertz CT molecular complexity index is 569. The molecule has 144 valence electrons. The normalized spacial score (nSPS) is 25.3. The van der Waals surface area contributed by atoms with Gasteiger partial charge < -0.3 is 15.2 Å². The van der Waals surface area contributed by atoms with E-state index in [1.54, 1.807) is 14.2 Å². The molecule has 1 unspecified atom stereocenters. The van der Waals surface area contributed by atoms with Crippen molar-refractivity contribution in [2.75, 3.05) is 27.3 Å². The van der Waals surface area contributed by atoms with Gasteiger partial charge in [-0.1, -0.05) is 13.8 Å². The molecule has 0 spiro atoms. The van der Waals surface area contributed by atoms with E-state index in [1.807, 2.05) is 0 Å². The molecule has 1 aromatic carbocycles. The number of nitrogens with zero attached hydrogens (tertiary/aromatic N) is 1. The van der Waals surface area contributed by atoms with Crippen molar-refractivity contribution in [1.29, 1.82) is 0 Å². The first-order valence-electron chi connectivity index (χ1n) is 8.77. The molecule has 1 aromatic rings. The van der Waals surface area contributed by atoms with E-state index in [1.165, 1.54) is 17.5 Å². The minimum atomic E-state index is 0. The molecule has 0 saturated carbocycles. The summed E-state index contributed by atoms with van der Waals surface area (Å²) >= 11 is 0. The van der Waals surface area contributed by atoms with Gasteiger partial charge in [0.25, 0.3) is 0 Å². The monoisotopic (exact) mass is 390 g/mol. The second kappa shape index (κ2) is 9.31. The summed E-state index contributed by atoms with van der Waals surface area (Å²) in [7, 11) is 3.41. The van der Waals surface area contributed by atoms with Gasteiger partial charge in [0.1, 0.15) is 0 Å². The summed E-state index contributed by atoms with van der Waals surface area (Å²) in [5.41, 5.74) is 9.30. The zero-order valence-electron chi connectivity index (χ0n) is 15.7. The molecule has 0 aliphatic carbocycles. The molecule has 25 heavy (non-hydrogen) atoms. The molecule has 3 rings (SSSR count). The fourth-order valence-electron chi connectivity index (χ4n) is 4.32. The Morgan fingerprint density at radius 2 is 1.80 bits per heavy atom. The molecular formula is C19H32Cl2N2O2. The fourth-order valence-corrected chi connectivity index (χ4v) is 4.32. The number of hydrogen-bond acceptors (Lipinski definition) is 4. The summed E-state index contributed by atoms with van der Waals surface area (Å²) < 4.78 is 11.0. The first-order chi connectivity index (χ1) is 11.0. The molecule has 1 saturated heterocycles. The lowest BCUT2D eigenvalue weighted by atomic mass is 9.78. The highest BCUT2D eigenvalue weighted by atomic mass is 35.5. The molecule has 1 fully saturated rings. The van der Waals surface area contributed by atoms with Crippen LogP contribution in [0, 0.1) is 11.8 Å². The van der Waals surface area contributed by atoms with Crippen molar-refractivity contribution in [2.45, 2.75) is 45.2 Å². The summed E-state index contributed by atoms with van der Waals surface area (Å²) in [4.78, 5) is 2.63. The predicted molar refractivity (Wildman–Crippen MR) is 108 cm³/mol. The Morgan fingerprint density at radius 3 is 2.40 bits per heavy atom. The molecule has 4 nitrogen and oxygen atoms in total. The summed E-state index contributed by atoms with van der Waals surface area (Å²) in [6, 6.07) is 5.03. The third-order valence-electron chi connectivity index (χ3n) is 5.46. The van der Waals surface area contributed by atoms with Crippen molar-refractivity contribution in [3.05, 3.63) is 23.3 Å². The van der Waals surface area contributed by atoms with E-state index in [0.29, 0.717) is 17.9 Å². The van der Waals surface area contributed by atoms with Crippen LogP contribution in [0.25, 0.3) is 0 Å². The van der Waals surface area contributed by atoms with Crippen LogP contribution in [0.3, 0.4) is 0 Å². The van der Waals surface area contributed by atoms with E-state index in [0.717, 1.165) is 37.4 Å². The third-order valence-corrected chi connectivity index (χ3v) is 5.46. The largest absolute Gasteiger partial charge is 0.493 e. The lowest BCUT2D eigenvalue weighted by Crippen LogP contribution is -2.51. The Labute approximate surface area is 164 Å². The molecular weight excluding hydrogens is 359 g/mol. The maximum Gasteiger partial charge on any atom is 0.161 e. The van der Waals surface area contributed by atoms with Crippen LogP contribution < -0.4 is 15.2 Å². The van der Waals surface area contributed by atoms with Crippen LogP contribution in [-0.4, -0.2) is 38.3 Å². The summed E-state index contributed by atoms with van der Waals surface area (Å²) in [6.07, 6.45) is 3.35. The molecule has 6 heteroatoms. The van der Waals surface area contributed by atoms with E-state index >= 15 is 0 Å². The highest BCUT2D eigenvalue weighted by molar-refractivity contribution is 5.85. The van der Waals surface area contributed by atoms with Crippen molar-refractivity contribution in [2.24, 2.45) is 17.6 Å². The summed E-state index contributed by atoms with van der Waals surface area (Å²) in [5.74, 6) is 2.99. The van der Waals surface area contributed by atoms with Crippen LogP contribution in [0.1, 0.15) is 43.9 Å². The predicted octanol–water partition coefficient (Wildman–Crippen LogP) is 3.84. The van der Waals surface area contributed by atoms with Crippen LogP contribution in [0.4, 0.5) is 0 Å². The highest BCUT2D eigenvalue weighted by Gasteiger charge is 2.38. The summed E-state index contributed by atoms with van der Waals surface area (Å²) in [6.45, 7) is 6.83. The van der Waals surface area contributed by atoms with E-state index in [4.69, 9.17) is 15.2 Å². The van der Waals surface area contributed by atoms with Crippen LogP contribution >= 0.6 is 24.8 Å². The van der Waals surface area contributed by atoms with Gasteiger partial charge in [-0.15, -0.1) is 24.8 Å². The topological polar surface area (TPSA) is 47.7 Å². The van der Waals surface area contributed by atoms with Crippen molar-refractivity contribution in [1.82, 2.24) is 4.90 Å². The second-order valence-corrected chi connectivity index (χ2v) is 7.46. The molecule has 0 bridgehead atoms. The second-order valence-electron chi connectivity index (χ2n) is 7.46. The number of ether oxygens (including phenoxy) is 2. The van der Waals surface area contributed by atoms with Crippen molar-refractivity contribution >= 4 is 24.8 Å². The van der Waals surface area contributed by atoms with Gasteiger partial charge >= 0.3 is 0 Å². The first-order valence-corrected chi connectivity index (χ1v) is 8.77. The quantitative estimate of drug-likeness (QED) is 0.847. The number of nitrogens with two attached hydrogens (primary N) is 1. The number of methoxy groups -OCH3 is 2. The van der Waals surface area contributed by atoms with Gasteiger partial charge in [-0.3, -0.25) is 4.90 Å². The molecule has 0 aromatic heterocycles. The standard InChI is InChI=1S/C19H30N2O2.2ClH/c1-12(2)7-14-11-21-6-5-13-8-18(22-3)19(23-4)9-15(13)17(21)10-16(14)20;;/h8-9,12,14,16-17H,5-7,10-11,20H2,1-4H3;2*1H/t14-,16-,17?;;/m0../s1. The van der Waals surface area contributed by atoms with Gasteiger partial charge in [-0.2, -0.15) is 0 Å². The van der Waals surface area contributed by atoms with Gasteiger partial charge in [0, 0.05) is 25.2 Å². The van der Waals surface area contributed by atoms with E-state index in [2.05, 4.69) is 30.9 Å². The lowest BCUT2D eigenvalue weighted by Gasteiger charge is -2.46. The van der Waals surface area contributed by atoms with Crippen LogP contribution in [0.2, 0.25) is 0 Å². The van der Waals surface area contributed by atoms with Crippen LogP contribution in [0.5, 0.6) is 11.5 Å². The smallest absolute Gasteiger partial charge is 0.161 e. The van der Waals surface area contributed by atoms with Gasteiger partial charge in [0.05, 0.1) is 14.2 Å². The molecule has 0 radical (unpaired) electrons. The number of fused-ring (bicyclic) bond motifs is 3. The van der Waals surface area contributed by atoms with E-state index < -0.39 is 0 Å². The summed E-state index contributed by atoms with van der Waals surface area (Å²) in [5, 5.41) is 0. The van der Waals surface area contributed by atoms with Gasteiger partial charge in [0.15, 0.2) is 11.5 Å². The average Bonchev–Trinajstić information content (AvgIpc) is 2.53.